The first-order valence-electron chi connectivity index (χ1n) is 11.9. The third kappa shape index (κ3) is 5.41. The second-order valence-electron chi connectivity index (χ2n) is 9.39. The van der Waals surface area contributed by atoms with E-state index in [1.54, 1.807) is 42.6 Å². The van der Waals surface area contributed by atoms with Crippen molar-refractivity contribution in [3.8, 4) is 11.1 Å². The molecule has 37 heavy (non-hydrogen) atoms. The molecule has 1 saturated heterocycles. The summed E-state index contributed by atoms with van der Waals surface area (Å²) in [7, 11) is 4.17. The molecule has 1 aliphatic rings. The summed E-state index contributed by atoms with van der Waals surface area (Å²) in [6.45, 7) is 1.85. The van der Waals surface area contributed by atoms with Crippen molar-refractivity contribution < 1.29 is 18.0 Å². The number of hydrogen-bond acceptors (Lipinski definition) is 5. The van der Waals surface area contributed by atoms with Gasteiger partial charge in [0.25, 0.3) is 5.91 Å². The van der Waals surface area contributed by atoms with Crippen LogP contribution in [0.4, 0.5) is 24.7 Å². The number of fused-ring (bicyclic) bond motifs is 1. The lowest BCUT2D eigenvalue weighted by molar-refractivity contribution is -0.137. The summed E-state index contributed by atoms with van der Waals surface area (Å²) in [5, 5.41) is 2.87. The fourth-order valence-corrected chi connectivity index (χ4v) is 4.47. The van der Waals surface area contributed by atoms with Gasteiger partial charge in [-0.05, 0) is 74.1 Å². The van der Waals surface area contributed by atoms with Crippen molar-refractivity contribution >= 4 is 28.4 Å². The number of benzene rings is 3. The highest BCUT2D eigenvalue weighted by molar-refractivity contribution is 6.05. The number of aromatic nitrogens is 2. The fourth-order valence-electron chi connectivity index (χ4n) is 4.47. The molecule has 0 aliphatic carbocycles. The van der Waals surface area contributed by atoms with Gasteiger partial charge in [0.05, 0.1) is 22.8 Å². The number of nitrogens with one attached hydrogen (secondary N) is 1. The normalized spacial score (nSPS) is 15.9. The van der Waals surface area contributed by atoms with E-state index in [1.165, 1.54) is 12.1 Å². The minimum absolute atomic E-state index is 0.297. The van der Waals surface area contributed by atoms with E-state index in [9.17, 15) is 18.0 Å². The summed E-state index contributed by atoms with van der Waals surface area (Å²) in [4.78, 5) is 26.6. The first-order valence-corrected chi connectivity index (χ1v) is 11.9. The smallest absolute Gasteiger partial charge is 0.354 e. The van der Waals surface area contributed by atoms with Crippen molar-refractivity contribution in [1.29, 1.82) is 0 Å². The molecular formula is C28H26F3N5O. The fraction of sp³-hybridized carbons (Fsp3) is 0.250. The lowest BCUT2D eigenvalue weighted by Gasteiger charge is -2.21. The number of carbonyl (C=O) groups excluding carboxylic acids is 1. The van der Waals surface area contributed by atoms with Gasteiger partial charge >= 0.3 is 6.18 Å². The molecule has 0 bridgehead atoms. The number of carbonyl (C=O) groups is 1. The van der Waals surface area contributed by atoms with Crippen molar-refractivity contribution in [2.75, 3.05) is 37.4 Å². The summed E-state index contributed by atoms with van der Waals surface area (Å²) < 4.78 is 38.4. The van der Waals surface area contributed by atoms with E-state index in [-0.39, 0.29) is 5.91 Å². The Morgan fingerprint density at radius 2 is 1.65 bits per heavy atom. The van der Waals surface area contributed by atoms with Gasteiger partial charge in [0, 0.05) is 30.4 Å². The lowest BCUT2D eigenvalue weighted by atomic mass is 10.0. The van der Waals surface area contributed by atoms with Crippen LogP contribution in [0, 0.1) is 0 Å². The number of nitrogens with zero attached hydrogens (tertiary/aromatic N) is 4. The van der Waals surface area contributed by atoms with Crippen LogP contribution >= 0.6 is 0 Å². The molecule has 1 amide bonds. The zero-order valence-corrected chi connectivity index (χ0v) is 20.5. The van der Waals surface area contributed by atoms with Crippen LogP contribution in [0.2, 0.25) is 0 Å². The zero-order valence-electron chi connectivity index (χ0n) is 20.5. The van der Waals surface area contributed by atoms with Crippen molar-refractivity contribution in [3.05, 3.63) is 84.1 Å². The molecular weight excluding hydrogens is 479 g/mol. The maximum Gasteiger partial charge on any atom is 0.416 e. The van der Waals surface area contributed by atoms with Crippen molar-refractivity contribution in [2.45, 2.75) is 18.6 Å². The van der Waals surface area contributed by atoms with Gasteiger partial charge in [0.15, 0.2) is 0 Å². The predicted octanol–water partition coefficient (Wildman–Crippen LogP) is 5.71. The topological polar surface area (TPSA) is 61.4 Å². The number of anilines is 2. The summed E-state index contributed by atoms with van der Waals surface area (Å²) >= 11 is 0. The van der Waals surface area contributed by atoms with Crippen LogP contribution in [-0.4, -0.2) is 54.0 Å². The minimum atomic E-state index is -4.37. The average molecular weight is 506 g/mol. The van der Waals surface area contributed by atoms with Crippen molar-refractivity contribution in [3.63, 3.8) is 0 Å². The van der Waals surface area contributed by atoms with Gasteiger partial charge in [0.2, 0.25) is 0 Å². The first kappa shape index (κ1) is 24.7. The Labute approximate surface area is 212 Å². The predicted molar refractivity (Wildman–Crippen MR) is 139 cm³/mol. The number of likely N-dealkylation sites (N-methyl/N-ethyl adjacent to an activating group) is 1. The third-order valence-corrected chi connectivity index (χ3v) is 6.70. The van der Waals surface area contributed by atoms with Crippen LogP contribution in [-0.2, 0) is 6.18 Å². The van der Waals surface area contributed by atoms with E-state index in [2.05, 4.69) is 34.2 Å². The van der Waals surface area contributed by atoms with E-state index < -0.39 is 11.7 Å². The summed E-state index contributed by atoms with van der Waals surface area (Å²) in [6.07, 6.45) is -1.52. The van der Waals surface area contributed by atoms with E-state index >= 15 is 0 Å². The van der Waals surface area contributed by atoms with Crippen molar-refractivity contribution in [1.82, 2.24) is 14.9 Å². The summed E-state index contributed by atoms with van der Waals surface area (Å²) in [5.41, 5.74) is 3.13. The molecule has 6 nitrogen and oxygen atoms in total. The quantitative estimate of drug-likeness (QED) is 0.377. The van der Waals surface area contributed by atoms with Crippen LogP contribution in [0.5, 0.6) is 0 Å². The van der Waals surface area contributed by atoms with Gasteiger partial charge in [-0.2, -0.15) is 13.2 Å². The standard InChI is InChI=1S/C28H26F3N5O/c1-35(2)23-13-14-36(17-23)26-16-32-25-15-22(11-12-24(25)34-26)33-27(37)20-5-3-18(4-6-20)19-7-9-21(10-8-19)28(29,30)31/h3-12,15-16,23H,13-14,17H2,1-2H3,(H,33,37)/t23-/m1/s1. The van der Waals surface area contributed by atoms with E-state index in [0.717, 1.165) is 48.5 Å². The van der Waals surface area contributed by atoms with Crippen molar-refractivity contribution in [2.24, 2.45) is 0 Å². The largest absolute Gasteiger partial charge is 0.416 e. The molecule has 5 rings (SSSR count). The highest BCUT2D eigenvalue weighted by Crippen LogP contribution is 2.31. The Balaban J connectivity index is 1.26. The van der Waals surface area contributed by atoms with Crippen LogP contribution in [0.1, 0.15) is 22.3 Å². The molecule has 0 saturated carbocycles. The highest BCUT2D eigenvalue weighted by Gasteiger charge is 2.30. The maximum absolute atomic E-state index is 12.8. The third-order valence-electron chi connectivity index (χ3n) is 6.70. The van der Waals surface area contributed by atoms with Crippen LogP contribution in [0.15, 0.2) is 72.9 Å². The minimum Gasteiger partial charge on any atom is -0.354 e. The Morgan fingerprint density at radius 1 is 0.973 bits per heavy atom. The number of hydrogen-bond donors (Lipinski definition) is 1. The zero-order chi connectivity index (χ0) is 26.2. The number of rotatable bonds is 5. The van der Waals surface area contributed by atoms with Gasteiger partial charge in [0.1, 0.15) is 5.82 Å². The molecule has 1 N–H and O–H groups in total. The van der Waals surface area contributed by atoms with Gasteiger partial charge in [-0.3, -0.25) is 9.78 Å². The summed E-state index contributed by atoms with van der Waals surface area (Å²) in [6, 6.07) is 17.6. The van der Waals surface area contributed by atoms with Gasteiger partial charge in [-0.1, -0.05) is 24.3 Å². The molecule has 9 heteroatoms. The molecule has 3 aromatic carbocycles. The Hall–Kier alpha value is -3.98. The summed E-state index contributed by atoms with van der Waals surface area (Å²) in [5.74, 6) is 0.552. The first-order chi connectivity index (χ1) is 17.7. The molecule has 0 unspecified atom stereocenters. The van der Waals surface area contributed by atoms with Gasteiger partial charge in [-0.15, -0.1) is 0 Å². The van der Waals surface area contributed by atoms with Gasteiger partial charge in [-0.25, -0.2) is 4.98 Å². The molecule has 1 atom stereocenters. The van der Waals surface area contributed by atoms with E-state index in [1.807, 2.05) is 6.07 Å². The van der Waals surface area contributed by atoms with E-state index in [0.29, 0.717) is 28.4 Å². The molecule has 0 radical (unpaired) electrons. The molecule has 190 valence electrons. The van der Waals surface area contributed by atoms with Crippen LogP contribution < -0.4 is 10.2 Å². The Bertz CT molecular complexity index is 1420. The molecule has 2 heterocycles. The number of alkyl halides is 3. The molecule has 4 aromatic rings. The highest BCUT2D eigenvalue weighted by atomic mass is 19.4. The molecule has 1 aliphatic heterocycles. The number of halogens is 3. The van der Waals surface area contributed by atoms with Crippen LogP contribution in [0.3, 0.4) is 0 Å². The average Bonchev–Trinajstić information content (AvgIpc) is 3.39. The molecule has 0 spiro atoms. The second kappa shape index (κ2) is 9.82. The molecule has 1 aromatic heterocycles. The lowest BCUT2D eigenvalue weighted by Crippen LogP contribution is -2.31. The molecule has 1 fully saturated rings. The van der Waals surface area contributed by atoms with E-state index in [4.69, 9.17) is 4.98 Å². The second-order valence-corrected chi connectivity index (χ2v) is 9.39. The van der Waals surface area contributed by atoms with Gasteiger partial charge < -0.3 is 15.1 Å². The SMILES string of the molecule is CN(C)[C@@H]1CCN(c2cnc3cc(NC(=O)c4ccc(-c5ccc(C(F)(F)F)cc5)cc4)ccc3n2)C1. The Morgan fingerprint density at radius 3 is 2.27 bits per heavy atom. The monoisotopic (exact) mass is 505 g/mol. The van der Waals surface area contributed by atoms with Crippen LogP contribution in [0.25, 0.3) is 22.2 Å². The number of amides is 1. The maximum atomic E-state index is 12.8. The Kier molecular flexibility index (Phi) is 6.55.